The molecule has 7 nitrogen and oxygen atoms in total. The Kier molecular flexibility index (Phi) is 5.18. The molecule has 8 heteroatoms. The van der Waals surface area contributed by atoms with Crippen LogP contribution in [0.25, 0.3) is 39.4 Å². The number of carbonyl (C=O) groups is 1. The van der Waals surface area contributed by atoms with Gasteiger partial charge in [0.05, 0.1) is 0 Å². The number of likely N-dealkylation sites (N-methyl/N-ethyl adjacent to an activating group) is 1. The minimum atomic E-state index is -0.319. The fourth-order valence-electron chi connectivity index (χ4n) is 3.65. The number of nitrogens with zero attached hydrogens (tertiary/aromatic N) is 6. The quantitative estimate of drug-likeness (QED) is 0.412. The highest BCUT2D eigenvalue weighted by Crippen LogP contribution is 2.32. The number of fused-ring (bicyclic) bond motifs is 1. The molecule has 0 aliphatic carbocycles. The van der Waals surface area contributed by atoms with Gasteiger partial charge < -0.3 is 4.90 Å². The topological polar surface area (TPSA) is 68.3 Å². The zero-order chi connectivity index (χ0) is 22.9. The lowest BCUT2D eigenvalue weighted by molar-refractivity contribution is -0.129. The maximum absolute atomic E-state index is 13.5. The van der Waals surface area contributed by atoms with Gasteiger partial charge in [-0.05, 0) is 36.4 Å². The molecule has 0 N–H and O–H groups in total. The van der Waals surface area contributed by atoms with Crippen molar-refractivity contribution in [3.8, 4) is 33.8 Å². The molecule has 0 aliphatic rings. The van der Waals surface area contributed by atoms with Gasteiger partial charge in [-0.15, -0.1) is 10.2 Å². The molecule has 2 aromatic carbocycles. The number of aromatic nitrogens is 5. The molecule has 33 heavy (non-hydrogen) atoms. The third kappa shape index (κ3) is 3.98. The molecule has 0 aliphatic heterocycles. The van der Waals surface area contributed by atoms with Gasteiger partial charge >= 0.3 is 0 Å². The van der Waals surface area contributed by atoms with E-state index >= 15 is 0 Å². The summed E-state index contributed by atoms with van der Waals surface area (Å²) in [5.74, 6) is 0.335. The van der Waals surface area contributed by atoms with Crippen LogP contribution in [0.1, 0.15) is 0 Å². The van der Waals surface area contributed by atoms with Crippen LogP contribution in [0.15, 0.2) is 79.1 Å². The Morgan fingerprint density at radius 2 is 1.61 bits per heavy atom. The van der Waals surface area contributed by atoms with Crippen molar-refractivity contribution in [3.63, 3.8) is 0 Å². The molecule has 0 atom stereocenters. The number of benzene rings is 2. The number of pyridine rings is 1. The third-order valence-electron chi connectivity index (χ3n) is 5.42. The smallest absolute Gasteiger partial charge is 0.243 e. The number of hydrogen-bond acceptors (Lipinski definition) is 4. The predicted octanol–water partition coefficient (Wildman–Crippen LogP) is 4.15. The highest BCUT2D eigenvalue weighted by Gasteiger charge is 2.17. The highest BCUT2D eigenvalue weighted by molar-refractivity contribution is 5.82. The van der Waals surface area contributed by atoms with Crippen molar-refractivity contribution < 1.29 is 9.18 Å². The van der Waals surface area contributed by atoms with Crippen molar-refractivity contribution >= 4 is 11.6 Å². The molecule has 5 aromatic rings. The van der Waals surface area contributed by atoms with E-state index in [0.717, 1.165) is 33.7 Å². The largest absolute Gasteiger partial charge is 0.347 e. The first-order chi connectivity index (χ1) is 16.0. The second kappa shape index (κ2) is 8.31. The fraction of sp³-hybridized carbons (Fsp3) is 0.120. The van der Waals surface area contributed by atoms with Crippen molar-refractivity contribution in [1.82, 2.24) is 29.3 Å². The van der Waals surface area contributed by atoms with E-state index in [1.807, 2.05) is 59.3 Å². The van der Waals surface area contributed by atoms with Crippen molar-refractivity contribution in [2.75, 3.05) is 14.1 Å². The first-order valence-electron chi connectivity index (χ1n) is 10.4. The van der Waals surface area contributed by atoms with Crippen LogP contribution >= 0.6 is 0 Å². The van der Waals surface area contributed by atoms with Gasteiger partial charge in [0, 0.05) is 48.7 Å². The van der Waals surface area contributed by atoms with Crippen LogP contribution in [-0.4, -0.2) is 49.3 Å². The van der Waals surface area contributed by atoms with E-state index < -0.39 is 0 Å². The molecule has 0 radical (unpaired) electrons. The Bertz CT molecular complexity index is 1440. The Morgan fingerprint density at radius 3 is 2.33 bits per heavy atom. The monoisotopic (exact) mass is 440 g/mol. The molecule has 164 valence electrons. The van der Waals surface area contributed by atoms with Crippen molar-refractivity contribution in [1.29, 1.82) is 0 Å². The van der Waals surface area contributed by atoms with Crippen molar-refractivity contribution in [2.24, 2.45) is 0 Å². The number of carbonyl (C=O) groups excluding carboxylic acids is 1. The lowest BCUT2D eigenvalue weighted by Crippen LogP contribution is -2.26. The van der Waals surface area contributed by atoms with E-state index in [4.69, 9.17) is 0 Å². The van der Waals surface area contributed by atoms with Gasteiger partial charge in [-0.3, -0.25) is 13.9 Å². The first-order valence-corrected chi connectivity index (χ1v) is 10.4. The van der Waals surface area contributed by atoms with E-state index in [1.165, 1.54) is 17.0 Å². The summed E-state index contributed by atoms with van der Waals surface area (Å²) in [5.41, 5.74) is 4.79. The molecule has 5 rings (SSSR count). The lowest BCUT2D eigenvalue weighted by atomic mass is 10.0. The Hall–Kier alpha value is -4.33. The van der Waals surface area contributed by atoms with Crippen molar-refractivity contribution in [2.45, 2.75) is 6.54 Å². The van der Waals surface area contributed by atoms with Crippen LogP contribution < -0.4 is 0 Å². The predicted molar refractivity (Wildman–Crippen MR) is 124 cm³/mol. The molecular formula is C25H21FN6O. The molecule has 3 aromatic heterocycles. The summed E-state index contributed by atoms with van der Waals surface area (Å²) < 4.78 is 17.1. The van der Waals surface area contributed by atoms with Gasteiger partial charge in [-0.25, -0.2) is 4.39 Å². The van der Waals surface area contributed by atoms with Crippen LogP contribution in [0.3, 0.4) is 0 Å². The molecule has 0 unspecified atom stereocenters. The van der Waals surface area contributed by atoms with Crippen LogP contribution in [0, 0.1) is 5.82 Å². The van der Waals surface area contributed by atoms with Crippen LogP contribution in [-0.2, 0) is 11.3 Å². The normalized spacial score (nSPS) is 11.1. The van der Waals surface area contributed by atoms with Gasteiger partial charge in [-0.2, -0.15) is 5.10 Å². The summed E-state index contributed by atoms with van der Waals surface area (Å²) in [4.78, 5) is 13.8. The van der Waals surface area contributed by atoms with Gasteiger partial charge in [-0.1, -0.05) is 30.3 Å². The SMILES string of the molecule is CN(C)C(=O)Cn1cc(-c2ccc3nnc(-c4ccccc4)n3c2)c(-c2ccc(F)cc2)n1. The fourth-order valence-corrected chi connectivity index (χ4v) is 3.65. The summed E-state index contributed by atoms with van der Waals surface area (Å²) in [5, 5.41) is 13.3. The second-order valence-corrected chi connectivity index (χ2v) is 7.92. The molecule has 1 amide bonds. The summed E-state index contributed by atoms with van der Waals surface area (Å²) in [6.07, 6.45) is 3.80. The summed E-state index contributed by atoms with van der Waals surface area (Å²) >= 11 is 0. The van der Waals surface area contributed by atoms with Gasteiger partial charge in [0.2, 0.25) is 5.91 Å². The lowest BCUT2D eigenvalue weighted by Gasteiger charge is -2.09. The van der Waals surface area contributed by atoms with Crippen LogP contribution in [0.4, 0.5) is 4.39 Å². The van der Waals surface area contributed by atoms with Gasteiger partial charge in [0.15, 0.2) is 11.5 Å². The van der Waals surface area contributed by atoms with Crippen LogP contribution in [0.5, 0.6) is 0 Å². The summed E-state index contributed by atoms with van der Waals surface area (Å²) in [6, 6.07) is 19.9. The summed E-state index contributed by atoms with van der Waals surface area (Å²) in [7, 11) is 3.41. The van der Waals surface area contributed by atoms with E-state index in [2.05, 4.69) is 15.3 Å². The zero-order valence-electron chi connectivity index (χ0n) is 18.2. The highest BCUT2D eigenvalue weighted by atomic mass is 19.1. The van der Waals surface area contributed by atoms with E-state index in [1.54, 1.807) is 30.9 Å². The average molecular weight is 440 g/mol. The number of halogens is 1. The average Bonchev–Trinajstić information content (AvgIpc) is 3.44. The number of rotatable bonds is 5. The first kappa shape index (κ1) is 20.6. The molecule has 0 spiro atoms. The molecule has 0 fully saturated rings. The Balaban J connectivity index is 1.65. The standard InChI is InChI=1S/C25H21FN6O/c1-30(2)23(33)16-31-15-21(24(29-31)17-8-11-20(26)12-9-17)19-10-13-22-27-28-25(32(22)14-19)18-6-4-3-5-7-18/h3-15H,16H2,1-2H3. The zero-order valence-corrected chi connectivity index (χ0v) is 18.2. The van der Waals surface area contributed by atoms with Crippen molar-refractivity contribution in [3.05, 3.63) is 84.9 Å². The second-order valence-electron chi connectivity index (χ2n) is 7.92. The maximum atomic E-state index is 13.5. The van der Waals surface area contributed by atoms with Gasteiger partial charge in [0.25, 0.3) is 0 Å². The van der Waals surface area contributed by atoms with Crippen LogP contribution in [0.2, 0.25) is 0 Å². The summed E-state index contributed by atoms with van der Waals surface area (Å²) in [6.45, 7) is 0.103. The van der Waals surface area contributed by atoms with E-state index in [-0.39, 0.29) is 18.3 Å². The number of hydrogen-bond donors (Lipinski definition) is 0. The number of amides is 1. The molecule has 3 heterocycles. The maximum Gasteiger partial charge on any atom is 0.243 e. The minimum Gasteiger partial charge on any atom is -0.347 e. The minimum absolute atomic E-state index is 0.0738. The van der Waals surface area contributed by atoms with E-state index in [9.17, 15) is 9.18 Å². The Morgan fingerprint density at radius 1 is 0.879 bits per heavy atom. The molecule has 0 saturated carbocycles. The molecule has 0 bridgehead atoms. The Labute approximate surface area is 189 Å². The van der Waals surface area contributed by atoms with E-state index in [0.29, 0.717) is 5.69 Å². The van der Waals surface area contributed by atoms with Gasteiger partial charge in [0.1, 0.15) is 18.1 Å². The third-order valence-corrected chi connectivity index (χ3v) is 5.42. The molecule has 0 saturated heterocycles. The molecular weight excluding hydrogens is 419 g/mol.